The molecule has 0 aromatic rings. The first-order valence-corrected chi connectivity index (χ1v) is 7.25. The molecule has 1 heterocycles. The van der Waals surface area contributed by atoms with Crippen LogP contribution in [0.4, 0.5) is 0 Å². The van der Waals surface area contributed by atoms with Gasteiger partial charge >= 0.3 is 0 Å². The van der Waals surface area contributed by atoms with E-state index in [2.05, 4.69) is 12.2 Å². The van der Waals surface area contributed by atoms with E-state index in [1.807, 2.05) is 7.05 Å². The van der Waals surface area contributed by atoms with E-state index in [-0.39, 0.29) is 5.54 Å². The van der Waals surface area contributed by atoms with Crippen molar-refractivity contribution >= 4 is 10.0 Å². The second-order valence-corrected chi connectivity index (χ2v) is 8.52. The molecular weight excluding hydrogens is 224 g/mol. The maximum Gasteiger partial charge on any atom is 0.219 e. The van der Waals surface area contributed by atoms with Gasteiger partial charge in [0.2, 0.25) is 10.0 Å². The number of nitrogens with one attached hydrogen (secondary N) is 1. The first-order chi connectivity index (χ1) is 7.12. The first-order valence-electron chi connectivity index (χ1n) is 5.81. The van der Waals surface area contributed by atoms with Crippen molar-refractivity contribution < 1.29 is 8.42 Å². The topological polar surface area (TPSA) is 49.4 Å². The molecule has 1 aliphatic rings. The summed E-state index contributed by atoms with van der Waals surface area (Å²) in [6.45, 7) is 8.67. The molecule has 0 radical (unpaired) electrons. The standard InChI is InChI=1S/C11H24N2O2S/c1-10(2,3)16(14,15)13-8-6-11(4,12-5)7-9-13/h12H,6-9H2,1-5H3. The van der Waals surface area contributed by atoms with E-state index in [0.717, 1.165) is 12.8 Å². The minimum absolute atomic E-state index is 0.0872. The number of sulfonamides is 1. The van der Waals surface area contributed by atoms with Crippen molar-refractivity contribution in [3.8, 4) is 0 Å². The van der Waals surface area contributed by atoms with Gasteiger partial charge in [0.15, 0.2) is 0 Å². The highest BCUT2D eigenvalue weighted by molar-refractivity contribution is 7.90. The molecule has 5 heteroatoms. The van der Waals surface area contributed by atoms with Gasteiger partial charge in [0.05, 0.1) is 4.75 Å². The lowest BCUT2D eigenvalue weighted by atomic mass is 9.91. The molecule has 1 saturated heterocycles. The van der Waals surface area contributed by atoms with Crippen LogP contribution in [0.1, 0.15) is 40.5 Å². The van der Waals surface area contributed by atoms with Crippen LogP contribution < -0.4 is 5.32 Å². The Morgan fingerprint density at radius 2 is 1.62 bits per heavy atom. The van der Waals surface area contributed by atoms with Gasteiger partial charge < -0.3 is 5.32 Å². The molecule has 0 amide bonds. The van der Waals surface area contributed by atoms with Crippen molar-refractivity contribution in [2.45, 2.75) is 50.8 Å². The number of rotatable bonds is 2. The maximum atomic E-state index is 12.2. The van der Waals surface area contributed by atoms with E-state index in [1.54, 1.807) is 25.1 Å². The van der Waals surface area contributed by atoms with Crippen LogP contribution in [0.2, 0.25) is 0 Å². The van der Waals surface area contributed by atoms with Gasteiger partial charge in [-0.2, -0.15) is 0 Å². The molecule has 1 N–H and O–H groups in total. The molecule has 0 aliphatic carbocycles. The largest absolute Gasteiger partial charge is 0.314 e. The zero-order chi connectivity index (χ0) is 12.6. The van der Waals surface area contributed by atoms with E-state index in [4.69, 9.17) is 0 Å². The Kier molecular flexibility index (Phi) is 3.72. The summed E-state index contributed by atoms with van der Waals surface area (Å²) in [5, 5.41) is 3.27. The van der Waals surface area contributed by atoms with Crippen LogP contribution >= 0.6 is 0 Å². The molecule has 1 rings (SSSR count). The van der Waals surface area contributed by atoms with Crippen LogP contribution in [0.15, 0.2) is 0 Å². The molecule has 0 spiro atoms. The van der Waals surface area contributed by atoms with E-state index in [1.165, 1.54) is 0 Å². The first kappa shape index (κ1) is 13.9. The molecule has 0 aromatic carbocycles. The smallest absolute Gasteiger partial charge is 0.219 e. The number of nitrogens with zero attached hydrogens (tertiary/aromatic N) is 1. The lowest BCUT2D eigenvalue weighted by molar-refractivity contribution is 0.217. The Morgan fingerprint density at radius 1 is 1.19 bits per heavy atom. The molecule has 0 aromatic heterocycles. The van der Waals surface area contributed by atoms with Gasteiger partial charge in [-0.05, 0) is 47.6 Å². The third-order valence-electron chi connectivity index (χ3n) is 3.54. The monoisotopic (exact) mass is 248 g/mol. The Morgan fingerprint density at radius 3 is 1.94 bits per heavy atom. The zero-order valence-corrected chi connectivity index (χ0v) is 11.8. The molecule has 0 saturated carbocycles. The summed E-state index contributed by atoms with van der Waals surface area (Å²) >= 11 is 0. The third kappa shape index (κ3) is 2.57. The van der Waals surface area contributed by atoms with Crippen molar-refractivity contribution in [3.63, 3.8) is 0 Å². The second kappa shape index (κ2) is 4.27. The maximum absolute atomic E-state index is 12.2. The Labute approximate surface area is 99.5 Å². The van der Waals surface area contributed by atoms with E-state index in [9.17, 15) is 8.42 Å². The second-order valence-electron chi connectivity index (χ2n) is 5.83. The summed E-state index contributed by atoms with van der Waals surface area (Å²) < 4.78 is 25.4. The third-order valence-corrected chi connectivity index (χ3v) is 6.14. The van der Waals surface area contributed by atoms with Crippen LogP contribution in [0.3, 0.4) is 0 Å². The van der Waals surface area contributed by atoms with Crippen molar-refractivity contribution in [2.24, 2.45) is 0 Å². The molecule has 96 valence electrons. The molecule has 1 fully saturated rings. The van der Waals surface area contributed by atoms with Crippen LogP contribution in [-0.2, 0) is 10.0 Å². The molecule has 16 heavy (non-hydrogen) atoms. The van der Waals surface area contributed by atoms with Gasteiger partial charge in [-0.25, -0.2) is 12.7 Å². The van der Waals surface area contributed by atoms with Gasteiger partial charge in [0, 0.05) is 18.6 Å². The summed E-state index contributed by atoms with van der Waals surface area (Å²) in [4.78, 5) is 0. The van der Waals surface area contributed by atoms with Gasteiger partial charge in [-0.1, -0.05) is 0 Å². The molecule has 0 atom stereocenters. The van der Waals surface area contributed by atoms with E-state index < -0.39 is 14.8 Å². The Bertz CT molecular complexity index is 335. The number of hydrogen-bond acceptors (Lipinski definition) is 3. The fourth-order valence-corrected chi connectivity index (χ4v) is 3.30. The highest BCUT2D eigenvalue weighted by Crippen LogP contribution is 2.27. The van der Waals surface area contributed by atoms with E-state index >= 15 is 0 Å². The van der Waals surface area contributed by atoms with Gasteiger partial charge in [-0.3, -0.25) is 0 Å². The molecule has 4 nitrogen and oxygen atoms in total. The van der Waals surface area contributed by atoms with Gasteiger partial charge in [0.1, 0.15) is 0 Å². The lowest BCUT2D eigenvalue weighted by Gasteiger charge is -2.40. The minimum Gasteiger partial charge on any atom is -0.314 e. The van der Waals surface area contributed by atoms with Crippen LogP contribution in [0.5, 0.6) is 0 Å². The van der Waals surface area contributed by atoms with Crippen molar-refractivity contribution in [1.29, 1.82) is 0 Å². The van der Waals surface area contributed by atoms with Crippen LogP contribution in [0.25, 0.3) is 0 Å². The highest BCUT2D eigenvalue weighted by Gasteiger charge is 2.39. The summed E-state index contributed by atoms with van der Waals surface area (Å²) in [7, 11) is -1.21. The number of piperidine rings is 1. The summed E-state index contributed by atoms with van der Waals surface area (Å²) in [5.41, 5.74) is 0.0872. The SMILES string of the molecule is CNC1(C)CCN(S(=O)(=O)C(C)(C)C)CC1. The average molecular weight is 248 g/mol. The van der Waals surface area contributed by atoms with Crippen molar-refractivity contribution in [2.75, 3.05) is 20.1 Å². The van der Waals surface area contributed by atoms with Gasteiger partial charge in [0.25, 0.3) is 0 Å². The highest BCUT2D eigenvalue weighted by atomic mass is 32.2. The zero-order valence-electron chi connectivity index (χ0n) is 11.0. The van der Waals surface area contributed by atoms with Gasteiger partial charge in [-0.15, -0.1) is 0 Å². The summed E-state index contributed by atoms with van der Waals surface area (Å²) in [5.74, 6) is 0. The minimum atomic E-state index is -3.15. The molecule has 0 unspecified atom stereocenters. The Hall–Kier alpha value is -0.130. The molecule has 1 aliphatic heterocycles. The van der Waals surface area contributed by atoms with Crippen LogP contribution in [-0.4, -0.2) is 43.1 Å². The number of hydrogen-bond donors (Lipinski definition) is 1. The molecular formula is C11H24N2O2S. The normalized spacial score (nSPS) is 23.3. The van der Waals surface area contributed by atoms with E-state index in [0.29, 0.717) is 13.1 Å². The Balaban J connectivity index is 2.76. The van der Waals surface area contributed by atoms with Crippen molar-refractivity contribution in [1.82, 2.24) is 9.62 Å². The molecule has 0 bridgehead atoms. The summed E-state index contributed by atoms with van der Waals surface area (Å²) in [6.07, 6.45) is 1.75. The fourth-order valence-electron chi connectivity index (χ4n) is 1.86. The predicted molar refractivity (Wildman–Crippen MR) is 66.9 cm³/mol. The predicted octanol–water partition coefficient (Wildman–Crippen LogP) is 1.19. The quantitative estimate of drug-likeness (QED) is 0.798. The lowest BCUT2D eigenvalue weighted by Crippen LogP contribution is -2.54. The summed E-state index contributed by atoms with van der Waals surface area (Å²) in [6, 6.07) is 0. The van der Waals surface area contributed by atoms with Crippen molar-refractivity contribution in [3.05, 3.63) is 0 Å². The van der Waals surface area contributed by atoms with Crippen LogP contribution in [0, 0.1) is 0 Å². The fraction of sp³-hybridized carbons (Fsp3) is 1.00. The average Bonchev–Trinajstić information content (AvgIpc) is 2.17.